The second kappa shape index (κ2) is 6.57. The van der Waals surface area contributed by atoms with Gasteiger partial charge in [0.15, 0.2) is 4.47 Å². The Balaban J connectivity index is 2.16. The van der Waals surface area contributed by atoms with Gasteiger partial charge in [0.25, 0.3) is 0 Å². The Morgan fingerprint density at radius 3 is 2.42 bits per heavy atom. The number of nitrogens with one attached hydrogen (secondary N) is 1. The molecule has 1 N–H and O–H groups in total. The van der Waals surface area contributed by atoms with E-state index in [1.54, 1.807) is 6.20 Å². The normalized spacial score (nSPS) is 11.1. The molecule has 0 spiro atoms. The van der Waals surface area contributed by atoms with Gasteiger partial charge in [-0.1, -0.05) is 25.4 Å². The summed E-state index contributed by atoms with van der Waals surface area (Å²) in [6, 6.07) is 4.30. The molecule has 0 unspecified atom stereocenters. The summed E-state index contributed by atoms with van der Waals surface area (Å²) in [5.74, 6) is 0.502. The highest BCUT2D eigenvalue weighted by atomic mass is 79.9. The first-order valence-electron chi connectivity index (χ1n) is 5.80. The van der Waals surface area contributed by atoms with Gasteiger partial charge in [0.05, 0.1) is 12.2 Å². The van der Waals surface area contributed by atoms with Gasteiger partial charge in [-0.2, -0.15) is 0 Å². The van der Waals surface area contributed by atoms with Crippen LogP contribution in [0.1, 0.15) is 30.2 Å². The highest BCUT2D eigenvalue weighted by molar-refractivity contribution is 9.11. The summed E-state index contributed by atoms with van der Waals surface area (Å²) in [7, 11) is 0. The lowest BCUT2D eigenvalue weighted by Gasteiger charge is -2.14. The molecule has 6 heteroatoms. The molecule has 1 aromatic carbocycles. The number of aromatic nitrogens is 1. The molecule has 2 aromatic rings. The third-order valence-electron chi connectivity index (χ3n) is 2.70. The van der Waals surface area contributed by atoms with Crippen molar-refractivity contribution >= 4 is 60.5 Å². The molecule has 0 saturated carbocycles. The molecule has 0 radical (unpaired) electrons. The number of rotatable bonds is 4. The second-order valence-corrected chi connectivity index (χ2v) is 7.85. The predicted molar refractivity (Wildman–Crippen MR) is 90.4 cm³/mol. The van der Waals surface area contributed by atoms with Crippen LogP contribution >= 0.6 is 54.8 Å². The summed E-state index contributed by atoms with van der Waals surface area (Å²) in [5.41, 5.74) is 2.35. The fourth-order valence-corrected chi connectivity index (χ4v) is 4.06. The monoisotopic (exact) mass is 422 g/mol. The zero-order valence-electron chi connectivity index (χ0n) is 10.5. The molecule has 0 aliphatic rings. The average molecular weight is 425 g/mol. The van der Waals surface area contributed by atoms with Gasteiger partial charge in [-0.3, -0.25) is 0 Å². The molecule has 0 aliphatic heterocycles. The van der Waals surface area contributed by atoms with Crippen molar-refractivity contribution < 1.29 is 0 Å². The summed E-state index contributed by atoms with van der Waals surface area (Å²) in [6.07, 6.45) is 1.80. The molecule has 0 aliphatic carbocycles. The summed E-state index contributed by atoms with van der Waals surface area (Å²) < 4.78 is 2.69. The number of hydrogen-bond donors (Lipinski definition) is 1. The van der Waals surface area contributed by atoms with E-state index in [1.807, 2.05) is 0 Å². The lowest BCUT2D eigenvalue weighted by atomic mass is 10.0. The van der Waals surface area contributed by atoms with E-state index in [4.69, 9.17) is 11.6 Å². The van der Waals surface area contributed by atoms with Gasteiger partial charge < -0.3 is 5.32 Å². The van der Waals surface area contributed by atoms with Crippen molar-refractivity contribution in [3.63, 3.8) is 0 Å². The van der Waals surface area contributed by atoms with Crippen LogP contribution in [0.3, 0.4) is 0 Å². The molecule has 0 amide bonds. The Kier molecular flexibility index (Phi) is 5.29. The van der Waals surface area contributed by atoms with E-state index in [9.17, 15) is 0 Å². The molecule has 0 atom stereocenters. The fraction of sp³-hybridized carbons (Fsp3) is 0.308. The summed E-state index contributed by atoms with van der Waals surface area (Å²) >= 11 is 14.5. The van der Waals surface area contributed by atoms with Crippen molar-refractivity contribution in [2.45, 2.75) is 26.3 Å². The van der Waals surface area contributed by atoms with E-state index in [0.717, 1.165) is 19.5 Å². The zero-order chi connectivity index (χ0) is 14.0. The van der Waals surface area contributed by atoms with Crippen molar-refractivity contribution in [3.05, 3.63) is 42.2 Å². The maximum Gasteiger partial charge on any atom is 0.183 e. The number of anilines is 1. The molecule has 0 saturated heterocycles. The number of halogens is 3. The van der Waals surface area contributed by atoms with Crippen LogP contribution in [0.25, 0.3) is 0 Å². The Hall–Kier alpha value is -0.100. The van der Waals surface area contributed by atoms with Gasteiger partial charge in [0, 0.05) is 20.0 Å². The molecule has 0 bridgehead atoms. The molecular weight excluding hydrogens is 411 g/mol. The van der Waals surface area contributed by atoms with Crippen LogP contribution in [0, 0.1) is 0 Å². The van der Waals surface area contributed by atoms with Crippen LogP contribution in [0.5, 0.6) is 0 Å². The van der Waals surface area contributed by atoms with Crippen LogP contribution in [0.4, 0.5) is 5.69 Å². The van der Waals surface area contributed by atoms with Crippen molar-refractivity contribution in [2.75, 3.05) is 5.32 Å². The van der Waals surface area contributed by atoms with Crippen molar-refractivity contribution in [3.8, 4) is 0 Å². The average Bonchev–Trinajstić information content (AvgIpc) is 2.73. The molecular formula is C13H13Br2ClN2S. The Morgan fingerprint density at radius 2 is 1.95 bits per heavy atom. The number of hydrogen-bond acceptors (Lipinski definition) is 3. The van der Waals surface area contributed by atoms with E-state index >= 15 is 0 Å². The van der Waals surface area contributed by atoms with E-state index in [-0.39, 0.29) is 0 Å². The molecule has 19 heavy (non-hydrogen) atoms. The number of thiazole rings is 1. The molecule has 102 valence electrons. The summed E-state index contributed by atoms with van der Waals surface area (Å²) in [4.78, 5) is 5.14. The van der Waals surface area contributed by atoms with Gasteiger partial charge in [0.1, 0.15) is 0 Å². The summed E-state index contributed by atoms with van der Waals surface area (Å²) in [6.45, 7) is 5.07. The van der Waals surface area contributed by atoms with Gasteiger partial charge in [-0.05, 0) is 55.5 Å². The Labute approximate surface area is 138 Å². The minimum absolute atomic E-state index is 0.502. The highest BCUT2D eigenvalue weighted by Crippen LogP contribution is 2.35. The fourth-order valence-electron chi connectivity index (χ4n) is 1.64. The predicted octanol–water partition coefficient (Wildman–Crippen LogP) is 6.06. The zero-order valence-corrected chi connectivity index (χ0v) is 15.3. The Morgan fingerprint density at radius 1 is 1.32 bits per heavy atom. The smallest absolute Gasteiger partial charge is 0.183 e. The third kappa shape index (κ3) is 3.94. The van der Waals surface area contributed by atoms with Crippen LogP contribution < -0.4 is 5.32 Å². The lowest BCUT2D eigenvalue weighted by Crippen LogP contribution is -2.00. The maximum atomic E-state index is 5.82. The first-order valence-corrected chi connectivity index (χ1v) is 8.58. The molecule has 2 rings (SSSR count). The molecule has 2 nitrogen and oxygen atoms in total. The molecule has 0 fully saturated rings. The van der Waals surface area contributed by atoms with Gasteiger partial charge in [-0.25, -0.2) is 4.98 Å². The van der Waals surface area contributed by atoms with Gasteiger partial charge >= 0.3 is 0 Å². The van der Waals surface area contributed by atoms with E-state index < -0.39 is 0 Å². The van der Waals surface area contributed by atoms with Crippen molar-refractivity contribution in [2.24, 2.45) is 0 Å². The Bertz CT molecular complexity index is 561. The van der Waals surface area contributed by atoms with E-state index in [0.29, 0.717) is 16.9 Å². The number of nitrogens with zero attached hydrogens (tertiary/aromatic N) is 1. The standard InChI is InChI=1S/C13H13Br2ClN2S/c1-7(2)8-3-10(14)12(11(15)4-8)17-5-9-6-18-13(16)19-9/h3-4,6-7,17H,5H2,1-2H3. The third-order valence-corrected chi connectivity index (χ3v) is 5.06. The molecule has 1 heterocycles. The lowest BCUT2D eigenvalue weighted by molar-refractivity contribution is 0.864. The number of benzene rings is 1. The highest BCUT2D eigenvalue weighted by Gasteiger charge is 2.10. The van der Waals surface area contributed by atoms with E-state index in [2.05, 4.69) is 68.1 Å². The van der Waals surface area contributed by atoms with Crippen LogP contribution in [0.15, 0.2) is 27.3 Å². The quantitative estimate of drug-likeness (QED) is 0.646. The largest absolute Gasteiger partial charge is 0.378 e. The van der Waals surface area contributed by atoms with E-state index in [1.165, 1.54) is 16.9 Å². The second-order valence-electron chi connectivity index (χ2n) is 4.45. The van der Waals surface area contributed by atoms with Crippen LogP contribution in [-0.2, 0) is 6.54 Å². The van der Waals surface area contributed by atoms with Crippen LogP contribution in [0.2, 0.25) is 4.47 Å². The van der Waals surface area contributed by atoms with Crippen molar-refractivity contribution in [1.82, 2.24) is 4.98 Å². The van der Waals surface area contributed by atoms with Crippen molar-refractivity contribution in [1.29, 1.82) is 0 Å². The van der Waals surface area contributed by atoms with Gasteiger partial charge in [0.2, 0.25) is 0 Å². The first kappa shape index (κ1) is 15.3. The molecule has 1 aromatic heterocycles. The topological polar surface area (TPSA) is 24.9 Å². The van der Waals surface area contributed by atoms with Gasteiger partial charge in [-0.15, -0.1) is 11.3 Å². The minimum Gasteiger partial charge on any atom is -0.378 e. The first-order chi connectivity index (χ1) is 8.97. The SMILES string of the molecule is CC(C)c1cc(Br)c(NCc2cnc(Cl)s2)c(Br)c1. The maximum absolute atomic E-state index is 5.82. The summed E-state index contributed by atoms with van der Waals surface area (Å²) in [5, 5.41) is 3.40. The van der Waals surface area contributed by atoms with Crippen LogP contribution in [-0.4, -0.2) is 4.98 Å². The minimum atomic E-state index is 0.502.